The van der Waals surface area contributed by atoms with Crippen LogP contribution in [0.5, 0.6) is 0 Å². The number of hydrogen-bond acceptors (Lipinski definition) is 6. The molecule has 2 aliphatic rings. The molecular formula is C28H35N5O4. The number of hydrogen-bond donors (Lipinski definition) is 2. The number of anilines is 2. The quantitative estimate of drug-likeness (QED) is 0.557. The van der Waals surface area contributed by atoms with Crippen LogP contribution in [-0.2, 0) is 9.59 Å². The number of rotatable bonds is 7. The van der Waals surface area contributed by atoms with Crippen LogP contribution in [0.25, 0.3) is 0 Å². The van der Waals surface area contributed by atoms with Crippen molar-refractivity contribution in [2.45, 2.75) is 44.8 Å². The number of carbonyl (C=O) groups is 4. The Hall–Kier alpha value is -3.88. The van der Waals surface area contributed by atoms with E-state index in [0.717, 1.165) is 5.69 Å². The zero-order valence-corrected chi connectivity index (χ0v) is 21.8. The zero-order chi connectivity index (χ0) is 26.9. The van der Waals surface area contributed by atoms with Gasteiger partial charge in [0, 0.05) is 43.1 Å². The first-order valence-electron chi connectivity index (χ1n) is 12.6. The highest BCUT2D eigenvalue weighted by molar-refractivity contribution is 6.03. The lowest BCUT2D eigenvalue weighted by Gasteiger charge is -2.29. The predicted molar refractivity (Wildman–Crippen MR) is 142 cm³/mol. The maximum absolute atomic E-state index is 13.7. The van der Waals surface area contributed by atoms with Crippen LogP contribution in [-0.4, -0.2) is 78.6 Å². The fourth-order valence-corrected chi connectivity index (χ4v) is 5.18. The van der Waals surface area contributed by atoms with E-state index in [4.69, 9.17) is 5.73 Å². The number of likely N-dealkylation sites (tertiary alicyclic amines) is 2. The van der Waals surface area contributed by atoms with Gasteiger partial charge in [0.05, 0.1) is 12.6 Å². The summed E-state index contributed by atoms with van der Waals surface area (Å²) in [7, 11) is 3.84. The average Bonchev–Trinajstić information content (AvgIpc) is 3.44. The highest BCUT2D eigenvalue weighted by Crippen LogP contribution is 2.32. The van der Waals surface area contributed by atoms with Crippen molar-refractivity contribution >= 4 is 34.9 Å². The van der Waals surface area contributed by atoms with Gasteiger partial charge in [0.2, 0.25) is 5.91 Å². The minimum atomic E-state index is -0.769. The molecule has 2 saturated heterocycles. The van der Waals surface area contributed by atoms with Gasteiger partial charge in [-0.25, -0.2) is 0 Å². The minimum absolute atomic E-state index is 0.0399. The second-order valence-electron chi connectivity index (χ2n) is 10.5. The lowest BCUT2D eigenvalue weighted by Crippen LogP contribution is -2.53. The Labute approximate surface area is 217 Å². The molecule has 2 aliphatic heterocycles. The summed E-state index contributed by atoms with van der Waals surface area (Å²) in [5.41, 5.74) is 8.17. The Balaban J connectivity index is 1.49. The number of carbonyl (C=O) groups excluding carboxylic acids is 4. The van der Waals surface area contributed by atoms with Crippen molar-refractivity contribution in [3.8, 4) is 0 Å². The standard InChI is InChI=1S/C28H35N5O4/c1-17(2)15-22(30-26(35)18-7-11-21(12-8-18)31(3)4)28(37)32-14-13-23-25(32)24(34)16-33(23)27(36)19-5-9-20(29)10-6-19/h5-12,17,22-23,25H,13-16,29H2,1-4H3,(H,30,35)/t22-,23?,25-/m0/s1. The van der Waals surface area contributed by atoms with E-state index in [2.05, 4.69) is 5.32 Å². The normalized spacial score (nSPS) is 19.6. The van der Waals surface area contributed by atoms with Crippen molar-refractivity contribution in [2.75, 3.05) is 37.8 Å². The van der Waals surface area contributed by atoms with Crippen molar-refractivity contribution in [1.82, 2.24) is 15.1 Å². The van der Waals surface area contributed by atoms with Crippen LogP contribution in [0, 0.1) is 5.92 Å². The van der Waals surface area contributed by atoms with Crippen LogP contribution in [0.1, 0.15) is 47.4 Å². The zero-order valence-electron chi connectivity index (χ0n) is 21.8. The summed E-state index contributed by atoms with van der Waals surface area (Å²) in [6.45, 7) is 4.28. The summed E-state index contributed by atoms with van der Waals surface area (Å²) in [6, 6.07) is 11.9. The molecule has 3 atom stereocenters. The van der Waals surface area contributed by atoms with Gasteiger partial charge in [-0.1, -0.05) is 13.8 Å². The molecule has 0 radical (unpaired) electrons. The third-order valence-electron chi connectivity index (χ3n) is 7.08. The van der Waals surface area contributed by atoms with Crippen molar-refractivity contribution in [3.63, 3.8) is 0 Å². The smallest absolute Gasteiger partial charge is 0.254 e. The number of nitrogens with two attached hydrogens (primary N) is 1. The summed E-state index contributed by atoms with van der Waals surface area (Å²) in [5, 5.41) is 2.90. The van der Waals surface area contributed by atoms with Gasteiger partial charge in [0.1, 0.15) is 12.1 Å². The Morgan fingerprint density at radius 3 is 2.22 bits per heavy atom. The van der Waals surface area contributed by atoms with E-state index in [1.165, 1.54) is 0 Å². The van der Waals surface area contributed by atoms with Crippen LogP contribution in [0.3, 0.4) is 0 Å². The average molecular weight is 506 g/mol. The molecule has 2 aromatic rings. The number of ketones is 1. The second kappa shape index (κ2) is 10.6. The van der Waals surface area contributed by atoms with Gasteiger partial charge in [-0.15, -0.1) is 0 Å². The second-order valence-corrected chi connectivity index (χ2v) is 10.5. The number of nitrogen functional groups attached to an aromatic ring is 1. The molecule has 2 heterocycles. The van der Waals surface area contributed by atoms with Gasteiger partial charge in [-0.3, -0.25) is 19.2 Å². The Morgan fingerprint density at radius 1 is 1.00 bits per heavy atom. The third kappa shape index (κ3) is 5.45. The third-order valence-corrected chi connectivity index (χ3v) is 7.08. The van der Waals surface area contributed by atoms with Crippen molar-refractivity contribution in [1.29, 1.82) is 0 Å². The summed E-state index contributed by atoms with van der Waals surface area (Å²) >= 11 is 0. The van der Waals surface area contributed by atoms with Crippen LogP contribution in [0.2, 0.25) is 0 Å². The van der Waals surface area contributed by atoms with Gasteiger partial charge in [-0.2, -0.15) is 0 Å². The Bertz CT molecular complexity index is 1180. The highest BCUT2D eigenvalue weighted by Gasteiger charge is 2.52. The lowest BCUT2D eigenvalue weighted by molar-refractivity contribution is -0.138. The largest absolute Gasteiger partial charge is 0.399 e. The molecular weight excluding hydrogens is 470 g/mol. The number of amides is 3. The van der Waals surface area contributed by atoms with E-state index in [9.17, 15) is 19.2 Å². The molecule has 9 nitrogen and oxygen atoms in total. The molecule has 3 amide bonds. The van der Waals surface area contributed by atoms with Crippen LogP contribution in [0.15, 0.2) is 48.5 Å². The number of nitrogens with zero attached hydrogens (tertiary/aromatic N) is 3. The topological polar surface area (TPSA) is 116 Å². The molecule has 4 rings (SSSR count). The molecule has 9 heteroatoms. The van der Waals surface area contributed by atoms with Gasteiger partial charge >= 0.3 is 0 Å². The Morgan fingerprint density at radius 2 is 1.62 bits per heavy atom. The van der Waals surface area contributed by atoms with Crippen molar-refractivity contribution in [2.24, 2.45) is 5.92 Å². The molecule has 2 aromatic carbocycles. The number of Topliss-reactive ketones (excluding diaryl/α,β-unsaturated/α-hetero) is 1. The molecule has 0 spiro atoms. The van der Waals surface area contributed by atoms with Gasteiger partial charge < -0.3 is 25.8 Å². The maximum atomic E-state index is 13.7. The summed E-state index contributed by atoms with van der Waals surface area (Å²) in [5.74, 6) is -0.879. The maximum Gasteiger partial charge on any atom is 0.254 e. The molecule has 1 unspecified atom stereocenters. The van der Waals surface area contributed by atoms with Gasteiger partial charge in [0.25, 0.3) is 11.8 Å². The van der Waals surface area contributed by atoms with E-state index in [-0.39, 0.29) is 42.0 Å². The summed E-state index contributed by atoms with van der Waals surface area (Å²) in [4.78, 5) is 58.0. The minimum Gasteiger partial charge on any atom is -0.399 e. The highest BCUT2D eigenvalue weighted by atomic mass is 16.2. The fourth-order valence-electron chi connectivity index (χ4n) is 5.18. The van der Waals surface area contributed by atoms with Gasteiger partial charge in [0.15, 0.2) is 5.78 Å². The van der Waals surface area contributed by atoms with E-state index in [0.29, 0.717) is 36.2 Å². The fraction of sp³-hybridized carbons (Fsp3) is 0.429. The van der Waals surface area contributed by atoms with E-state index in [1.807, 2.05) is 45.0 Å². The van der Waals surface area contributed by atoms with E-state index < -0.39 is 12.1 Å². The first-order chi connectivity index (χ1) is 17.6. The lowest BCUT2D eigenvalue weighted by atomic mass is 10.0. The number of nitrogens with one attached hydrogen (secondary N) is 1. The first kappa shape index (κ1) is 26.2. The molecule has 2 fully saturated rings. The molecule has 0 bridgehead atoms. The van der Waals surface area contributed by atoms with Crippen LogP contribution >= 0.6 is 0 Å². The molecule has 196 valence electrons. The predicted octanol–water partition coefficient (Wildman–Crippen LogP) is 2.17. The van der Waals surface area contributed by atoms with Crippen molar-refractivity contribution in [3.05, 3.63) is 59.7 Å². The monoisotopic (exact) mass is 505 g/mol. The number of fused-ring (bicyclic) bond motifs is 1. The van der Waals surface area contributed by atoms with Gasteiger partial charge in [-0.05, 0) is 67.3 Å². The molecule has 37 heavy (non-hydrogen) atoms. The van der Waals surface area contributed by atoms with E-state index in [1.54, 1.807) is 46.2 Å². The molecule has 3 N–H and O–H groups in total. The summed E-state index contributed by atoms with van der Waals surface area (Å²) < 4.78 is 0. The van der Waals surface area contributed by atoms with Crippen LogP contribution in [0.4, 0.5) is 11.4 Å². The summed E-state index contributed by atoms with van der Waals surface area (Å²) in [6.07, 6.45) is 0.952. The number of benzene rings is 2. The first-order valence-corrected chi connectivity index (χ1v) is 12.6. The van der Waals surface area contributed by atoms with Crippen molar-refractivity contribution < 1.29 is 19.2 Å². The van der Waals surface area contributed by atoms with E-state index >= 15 is 0 Å². The van der Waals surface area contributed by atoms with Crippen LogP contribution < -0.4 is 16.0 Å². The Kier molecular flexibility index (Phi) is 7.52. The molecule has 0 saturated carbocycles. The molecule has 0 aliphatic carbocycles. The molecule has 0 aromatic heterocycles. The SMILES string of the molecule is CC(C)C[C@H](NC(=O)c1ccc(N(C)C)cc1)C(=O)N1CCC2[C@H]1C(=O)CN2C(=O)c1ccc(N)cc1.